The van der Waals surface area contributed by atoms with Crippen LogP contribution in [-0.4, -0.2) is 23.3 Å². The lowest BCUT2D eigenvalue weighted by Crippen LogP contribution is -2.22. The molecule has 0 radical (unpaired) electrons. The van der Waals surface area contributed by atoms with Gasteiger partial charge in [0.05, 0.1) is 5.56 Å². The number of ketones is 1. The first kappa shape index (κ1) is 17.0. The molecule has 23 heavy (non-hydrogen) atoms. The summed E-state index contributed by atoms with van der Waals surface area (Å²) in [6, 6.07) is 1.80. The summed E-state index contributed by atoms with van der Waals surface area (Å²) >= 11 is 0. The van der Waals surface area contributed by atoms with Gasteiger partial charge in [0.1, 0.15) is 17.6 Å². The standard InChI is InChI=1S/C19H22O4/c1-12(2)4-6-14-10-18-16(17(11-20)19(14)22)9-8-15(23-18)7-5-13(3)21/h4-5,7,10-11,15,22H,6,8-9H2,1-3H3/b7-5+/t15-/m0/s1. The molecule has 2 rings (SSSR count). The van der Waals surface area contributed by atoms with Crippen molar-refractivity contribution in [3.05, 3.63) is 46.6 Å². The molecule has 122 valence electrons. The Morgan fingerprint density at radius 3 is 2.74 bits per heavy atom. The molecule has 1 atom stereocenters. The minimum absolute atomic E-state index is 0.0251. The zero-order chi connectivity index (χ0) is 17.0. The van der Waals surface area contributed by atoms with Crippen LogP contribution in [0.4, 0.5) is 0 Å². The molecule has 4 heteroatoms. The third-order valence-electron chi connectivity index (χ3n) is 3.84. The van der Waals surface area contributed by atoms with E-state index in [-0.39, 0.29) is 17.6 Å². The summed E-state index contributed by atoms with van der Waals surface area (Å²) < 4.78 is 5.90. The number of ether oxygens (including phenoxy) is 1. The Bertz CT molecular complexity index is 679. The fourth-order valence-corrected chi connectivity index (χ4v) is 2.61. The van der Waals surface area contributed by atoms with E-state index in [9.17, 15) is 14.7 Å². The molecule has 4 nitrogen and oxygen atoms in total. The summed E-state index contributed by atoms with van der Waals surface area (Å²) in [5.74, 6) is 0.631. The molecule has 1 heterocycles. The molecule has 1 aromatic carbocycles. The van der Waals surface area contributed by atoms with E-state index in [1.165, 1.54) is 13.0 Å². The Hall–Kier alpha value is -2.36. The van der Waals surface area contributed by atoms with E-state index >= 15 is 0 Å². The Morgan fingerprint density at radius 1 is 1.39 bits per heavy atom. The number of carbonyl (C=O) groups is 2. The average molecular weight is 314 g/mol. The number of allylic oxidation sites excluding steroid dienone is 3. The second-order valence-corrected chi connectivity index (χ2v) is 6.04. The number of hydrogen-bond donors (Lipinski definition) is 1. The quantitative estimate of drug-likeness (QED) is 0.513. The third kappa shape index (κ3) is 4.09. The zero-order valence-electron chi connectivity index (χ0n) is 13.8. The molecule has 0 spiro atoms. The molecular weight excluding hydrogens is 292 g/mol. The van der Waals surface area contributed by atoms with E-state index in [0.717, 1.165) is 11.1 Å². The van der Waals surface area contributed by atoms with E-state index in [2.05, 4.69) is 0 Å². The van der Waals surface area contributed by atoms with Crippen molar-refractivity contribution in [2.24, 2.45) is 0 Å². The molecule has 0 aromatic heterocycles. The first-order valence-corrected chi connectivity index (χ1v) is 7.74. The van der Waals surface area contributed by atoms with Gasteiger partial charge in [-0.1, -0.05) is 11.6 Å². The number of rotatable bonds is 5. The second-order valence-electron chi connectivity index (χ2n) is 6.04. The van der Waals surface area contributed by atoms with Gasteiger partial charge < -0.3 is 9.84 Å². The number of hydrogen-bond acceptors (Lipinski definition) is 4. The third-order valence-corrected chi connectivity index (χ3v) is 3.84. The van der Waals surface area contributed by atoms with Gasteiger partial charge in [0, 0.05) is 11.1 Å². The topological polar surface area (TPSA) is 63.6 Å². The largest absolute Gasteiger partial charge is 0.507 e. The van der Waals surface area contributed by atoms with Crippen molar-refractivity contribution in [2.75, 3.05) is 0 Å². The summed E-state index contributed by atoms with van der Waals surface area (Å²) in [6.45, 7) is 5.46. The summed E-state index contributed by atoms with van der Waals surface area (Å²) in [5.41, 5.74) is 2.86. The predicted octanol–water partition coefficient (Wildman–Crippen LogP) is 3.55. The van der Waals surface area contributed by atoms with Crippen molar-refractivity contribution in [1.29, 1.82) is 0 Å². The number of phenolic OH excluding ortho intramolecular Hbond substituents is 1. The van der Waals surface area contributed by atoms with Crippen molar-refractivity contribution < 1.29 is 19.4 Å². The number of aldehydes is 1. The summed E-state index contributed by atoms with van der Waals surface area (Å²) in [5, 5.41) is 10.3. The first-order valence-electron chi connectivity index (χ1n) is 7.74. The van der Waals surface area contributed by atoms with Crippen LogP contribution in [0.1, 0.15) is 48.7 Å². The molecule has 0 bridgehead atoms. The first-order chi connectivity index (χ1) is 10.9. The summed E-state index contributed by atoms with van der Waals surface area (Å²) in [4.78, 5) is 22.4. The maximum Gasteiger partial charge on any atom is 0.154 e. The normalized spacial score (nSPS) is 16.6. The minimum atomic E-state index is -0.188. The minimum Gasteiger partial charge on any atom is -0.507 e. The van der Waals surface area contributed by atoms with Crippen LogP contribution in [-0.2, 0) is 17.6 Å². The van der Waals surface area contributed by atoms with Crippen LogP contribution in [0.5, 0.6) is 11.5 Å². The van der Waals surface area contributed by atoms with Crippen molar-refractivity contribution in [3.8, 4) is 11.5 Å². The van der Waals surface area contributed by atoms with Gasteiger partial charge in [-0.15, -0.1) is 0 Å². The highest BCUT2D eigenvalue weighted by molar-refractivity contribution is 5.87. The number of phenols is 1. The number of carbonyl (C=O) groups excluding carboxylic acids is 2. The Morgan fingerprint density at radius 2 is 2.13 bits per heavy atom. The van der Waals surface area contributed by atoms with Gasteiger partial charge >= 0.3 is 0 Å². The molecule has 0 saturated carbocycles. The van der Waals surface area contributed by atoms with Gasteiger partial charge in [0.25, 0.3) is 0 Å². The van der Waals surface area contributed by atoms with Crippen LogP contribution >= 0.6 is 0 Å². The van der Waals surface area contributed by atoms with Crippen LogP contribution in [0.2, 0.25) is 0 Å². The predicted molar refractivity (Wildman–Crippen MR) is 89.2 cm³/mol. The highest BCUT2D eigenvalue weighted by Crippen LogP contribution is 2.37. The fourth-order valence-electron chi connectivity index (χ4n) is 2.61. The Labute approximate surface area is 136 Å². The molecule has 1 aromatic rings. The lowest BCUT2D eigenvalue weighted by atomic mass is 9.93. The highest BCUT2D eigenvalue weighted by Gasteiger charge is 2.24. The smallest absolute Gasteiger partial charge is 0.154 e. The van der Waals surface area contributed by atoms with Gasteiger partial charge in [-0.3, -0.25) is 9.59 Å². The maximum atomic E-state index is 11.4. The molecule has 0 amide bonds. The molecule has 1 N–H and O–H groups in total. The van der Waals surface area contributed by atoms with Gasteiger partial charge in [-0.25, -0.2) is 0 Å². The molecule has 0 fully saturated rings. The Balaban J connectivity index is 2.37. The van der Waals surface area contributed by atoms with Gasteiger partial charge in [0.15, 0.2) is 12.1 Å². The average Bonchev–Trinajstić information content (AvgIpc) is 2.50. The molecule has 0 unspecified atom stereocenters. The summed E-state index contributed by atoms with van der Waals surface area (Å²) in [6.07, 6.45) is 7.58. The van der Waals surface area contributed by atoms with E-state index < -0.39 is 0 Å². The van der Waals surface area contributed by atoms with E-state index in [4.69, 9.17) is 4.74 Å². The number of benzene rings is 1. The van der Waals surface area contributed by atoms with Crippen LogP contribution in [0, 0.1) is 0 Å². The van der Waals surface area contributed by atoms with Crippen molar-refractivity contribution in [1.82, 2.24) is 0 Å². The summed E-state index contributed by atoms with van der Waals surface area (Å²) in [7, 11) is 0. The van der Waals surface area contributed by atoms with Crippen molar-refractivity contribution in [2.45, 2.75) is 46.1 Å². The molecule has 0 aliphatic carbocycles. The van der Waals surface area contributed by atoms with Crippen LogP contribution < -0.4 is 4.74 Å². The zero-order valence-corrected chi connectivity index (χ0v) is 13.8. The van der Waals surface area contributed by atoms with Gasteiger partial charge in [-0.05, 0) is 58.3 Å². The molecule has 1 aliphatic rings. The van der Waals surface area contributed by atoms with Crippen molar-refractivity contribution in [3.63, 3.8) is 0 Å². The van der Waals surface area contributed by atoms with E-state index in [0.29, 0.717) is 42.4 Å². The van der Waals surface area contributed by atoms with E-state index in [1.54, 1.807) is 12.1 Å². The monoisotopic (exact) mass is 314 g/mol. The van der Waals surface area contributed by atoms with Crippen LogP contribution in [0.3, 0.4) is 0 Å². The fraction of sp³-hybridized carbons (Fsp3) is 0.368. The van der Waals surface area contributed by atoms with Gasteiger partial charge in [-0.2, -0.15) is 0 Å². The molecule has 1 aliphatic heterocycles. The van der Waals surface area contributed by atoms with Crippen molar-refractivity contribution >= 4 is 12.1 Å². The SMILES string of the molecule is CC(=O)/C=C/[C@H]1CCc2c(cc(CC=C(C)C)c(O)c2C=O)O1. The number of fused-ring (bicyclic) bond motifs is 1. The lowest BCUT2D eigenvalue weighted by molar-refractivity contribution is -0.112. The van der Waals surface area contributed by atoms with Crippen LogP contribution in [0.15, 0.2) is 29.9 Å². The Kier molecular flexibility index (Phi) is 5.37. The van der Waals surface area contributed by atoms with Crippen LogP contribution in [0.25, 0.3) is 0 Å². The molecule has 0 saturated heterocycles. The number of aromatic hydroxyl groups is 1. The molecular formula is C19H22O4. The van der Waals surface area contributed by atoms with E-state index in [1.807, 2.05) is 19.9 Å². The lowest BCUT2D eigenvalue weighted by Gasteiger charge is -2.26. The maximum absolute atomic E-state index is 11.4. The highest BCUT2D eigenvalue weighted by atomic mass is 16.5. The second kappa shape index (κ2) is 7.27. The van der Waals surface area contributed by atoms with Gasteiger partial charge in [0.2, 0.25) is 0 Å².